The van der Waals surface area contributed by atoms with Crippen molar-refractivity contribution in [1.82, 2.24) is 4.90 Å². The van der Waals surface area contributed by atoms with Crippen LogP contribution < -0.4 is 9.47 Å². The standard InChI is InChI=1S/C24H18Cl2FNO6/c1-32-22-14(10-15(25)23(33-2)18(22)26)20(29)17-19(16-4-3-9-34-16)28(24(31)21(17)30)11-12-5-7-13(27)8-6-12/h3-10,19,29H,11H2,1-2H3/b20-17-. The van der Waals surface area contributed by atoms with Gasteiger partial charge in [-0.1, -0.05) is 35.3 Å². The van der Waals surface area contributed by atoms with E-state index in [0.717, 1.165) is 0 Å². The molecule has 0 spiro atoms. The first-order chi connectivity index (χ1) is 16.3. The minimum absolute atomic E-state index is 0.00310. The molecule has 0 saturated carbocycles. The van der Waals surface area contributed by atoms with Crippen molar-refractivity contribution in [2.24, 2.45) is 0 Å². The van der Waals surface area contributed by atoms with E-state index in [9.17, 15) is 19.1 Å². The van der Waals surface area contributed by atoms with Gasteiger partial charge in [0.15, 0.2) is 11.5 Å². The summed E-state index contributed by atoms with van der Waals surface area (Å²) in [6, 6.07) is 8.93. The van der Waals surface area contributed by atoms with Crippen LogP contribution in [0.15, 0.2) is 58.7 Å². The Morgan fingerprint density at radius 1 is 1.12 bits per heavy atom. The minimum Gasteiger partial charge on any atom is -0.507 e. The first-order valence-electron chi connectivity index (χ1n) is 9.95. The average molecular weight is 506 g/mol. The summed E-state index contributed by atoms with van der Waals surface area (Å²) in [6.45, 7) is -0.0335. The SMILES string of the molecule is COc1c(Cl)cc(/C(O)=C2/C(=O)C(=O)N(Cc3ccc(F)cc3)C2c2ccco2)c(OC)c1Cl. The van der Waals surface area contributed by atoms with E-state index in [1.54, 1.807) is 12.1 Å². The summed E-state index contributed by atoms with van der Waals surface area (Å²) in [4.78, 5) is 27.4. The number of benzene rings is 2. The number of aliphatic hydroxyl groups is 1. The van der Waals surface area contributed by atoms with E-state index in [4.69, 9.17) is 37.1 Å². The van der Waals surface area contributed by atoms with Gasteiger partial charge < -0.3 is 23.9 Å². The summed E-state index contributed by atoms with van der Waals surface area (Å²) >= 11 is 12.6. The van der Waals surface area contributed by atoms with Gasteiger partial charge in [-0.2, -0.15) is 0 Å². The first kappa shape index (κ1) is 23.7. The van der Waals surface area contributed by atoms with Crippen LogP contribution in [0.2, 0.25) is 10.0 Å². The zero-order valence-electron chi connectivity index (χ0n) is 18.0. The molecular formula is C24H18Cl2FNO6. The molecule has 1 saturated heterocycles. The second-order valence-electron chi connectivity index (χ2n) is 7.36. The molecule has 176 valence electrons. The van der Waals surface area contributed by atoms with Crippen LogP contribution in [0.3, 0.4) is 0 Å². The molecule has 3 aromatic rings. The molecule has 0 radical (unpaired) electrons. The molecule has 1 aliphatic rings. The lowest BCUT2D eigenvalue weighted by Crippen LogP contribution is -2.29. The van der Waals surface area contributed by atoms with Crippen molar-refractivity contribution in [1.29, 1.82) is 0 Å². The number of methoxy groups -OCH3 is 2. The second kappa shape index (κ2) is 9.40. The van der Waals surface area contributed by atoms with Crippen LogP contribution in [0.25, 0.3) is 5.76 Å². The summed E-state index contributed by atoms with van der Waals surface area (Å²) in [7, 11) is 2.69. The Hall–Kier alpha value is -3.49. The number of likely N-dealkylation sites (tertiary alicyclic amines) is 1. The van der Waals surface area contributed by atoms with E-state index in [-0.39, 0.29) is 45.0 Å². The van der Waals surface area contributed by atoms with Gasteiger partial charge in [0.1, 0.15) is 28.4 Å². The van der Waals surface area contributed by atoms with E-state index in [1.807, 2.05) is 0 Å². The Bertz CT molecular complexity index is 1290. The molecule has 7 nitrogen and oxygen atoms in total. The highest BCUT2D eigenvalue weighted by molar-refractivity contribution is 6.46. The lowest BCUT2D eigenvalue weighted by atomic mass is 9.98. The van der Waals surface area contributed by atoms with Gasteiger partial charge in [-0.3, -0.25) is 9.59 Å². The molecule has 1 fully saturated rings. The van der Waals surface area contributed by atoms with Gasteiger partial charge in [0, 0.05) is 6.54 Å². The van der Waals surface area contributed by atoms with Gasteiger partial charge in [0.2, 0.25) is 0 Å². The van der Waals surface area contributed by atoms with Gasteiger partial charge in [-0.15, -0.1) is 0 Å². The van der Waals surface area contributed by atoms with Crippen LogP contribution in [0, 0.1) is 5.82 Å². The molecule has 1 atom stereocenters. The number of halogens is 3. The Morgan fingerprint density at radius 3 is 2.38 bits per heavy atom. The van der Waals surface area contributed by atoms with E-state index >= 15 is 0 Å². The summed E-state index contributed by atoms with van der Waals surface area (Å²) in [5.41, 5.74) is 0.334. The van der Waals surface area contributed by atoms with Crippen molar-refractivity contribution in [3.8, 4) is 11.5 Å². The Labute approximate surface area is 203 Å². The van der Waals surface area contributed by atoms with Crippen molar-refractivity contribution in [3.63, 3.8) is 0 Å². The van der Waals surface area contributed by atoms with Gasteiger partial charge in [-0.25, -0.2) is 4.39 Å². The van der Waals surface area contributed by atoms with E-state index < -0.39 is 29.3 Å². The van der Waals surface area contributed by atoms with E-state index in [1.165, 1.54) is 55.7 Å². The maximum atomic E-state index is 13.4. The van der Waals surface area contributed by atoms with Crippen molar-refractivity contribution in [2.75, 3.05) is 14.2 Å². The normalized spacial score (nSPS) is 17.3. The quantitative estimate of drug-likeness (QED) is 0.275. The van der Waals surface area contributed by atoms with Crippen molar-refractivity contribution < 1.29 is 33.0 Å². The zero-order valence-corrected chi connectivity index (χ0v) is 19.5. The molecule has 1 N–H and O–H groups in total. The first-order valence-corrected chi connectivity index (χ1v) is 10.7. The third-order valence-corrected chi connectivity index (χ3v) is 6.04. The topological polar surface area (TPSA) is 89.2 Å². The summed E-state index contributed by atoms with van der Waals surface area (Å²) in [6.07, 6.45) is 1.38. The summed E-state index contributed by atoms with van der Waals surface area (Å²) < 4.78 is 29.4. The maximum Gasteiger partial charge on any atom is 0.296 e. The minimum atomic E-state index is -1.07. The molecule has 1 unspecified atom stereocenters. The van der Waals surface area contributed by atoms with Gasteiger partial charge in [0.25, 0.3) is 11.7 Å². The third kappa shape index (κ3) is 3.99. The molecule has 1 aromatic heterocycles. The summed E-state index contributed by atoms with van der Waals surface area (Å²) in [5, 5.41) is 11.3. The maximum absolute atomic E-state index is 13.4. The van der Waals surface area contributed by atoms with Crippen molar-refractivity contribution >= 4 is 40.7 Å². The van der Waals surface area contributed by atoms with E-state index in [2.05, 4.69) is 0 Å². The fraction of sp³-hybridized carbons (Fsp3) is 0.167. The summed E-state index contributed by atoms with van der Waals surface area (Å²) in [5.74, 6) is -2.42. The number of nitrogens with zero attached hydrogens (tertiary/aromatic N) is 1. The number of ketones is 1. The largest absolute Gasteiger partial charge is 0.507 e. The molecular weight excluding hydrogens is 488 g/mol. The van der Waals surface area contributed by atoms with Crippen LogP contribution in [-0.4, -0.2) is 35.9 Å². The second-order valence-corrected chi connectivity index (χ2v) is 8.14. The fourth-order valence-electron chi connectivity index (χ4n) is 3.86. The van der Waals surface area contributed by atoms with Crippen LogP contribution in [-0.2, 0) is 16.1 Å². The molecule has 2 aromatic carbocycles. The third-order valence-electron chi connectivity index (χ3n) is 5.41. The molecule has 0 aliphatic carbocycles. The molecule has 1 amide bonds. The Kier molecular flexibility index (Phi) is 6.54. The fourth-order valence-corrected chi connectivity index (χ4v) is 4.55. The Morgan fingerprint density at radius 2 is 1.79 bits per heavy atom. The van der Waals surface area contributed by atoms with Crippen LogP contribution in [0.4, 0.5) is 4.39 Å². The number of amides is 1. The number of rotatable bonds is 6. The predicted octanol–water partition coefficient (Wildman–Crippen LogP) is 5.36. The highest BCUT2D eigenvalue weighted by Gasteiger charge is 2.47. The van der Waals surface area contributed by atoms with Crippen molar-refractivity contribution in [2.45, 2.75) is 12.6 Å². The predicted molar refractivity (Wildman–Crippen MR) is 123 cm³/mol. The zero-order chi connectivity index (χ0) is 24.6. The van der Waals surface area contributed by atoms with Crippen molar-refractivity contribution in [3.05, 3.63) is 87.1 Å². The highest BCUT2D eigenvalue weighted by Crippen LogP contribution is 2.47. The Balaban J connectivity index is 1.90. The van der Waals surface area contributed by atoms with Gasteiger partial charge in [-0.05, 0) is 35.9 Å². The number of carbonyl (C=O) groups excluding carboxylic acids is 2. The number of aliphatic hydroxyl groups excluding tert-OH is 1. The highest BCUT2D eigenvalue weighted by atomic mass is 35.5. The number of ether oxygens (including phenoxy) is 2. The smallest absolute Gasteiger partial charge is 0.296 e. The monoisotopic (exact) mass is 505 g/mol. The molecule has 2 heterocycles. The van der Waals surface area contributed by atoms with Gasteiger partial charge in [0.05, 0.1) is 36.6 Å². The van der Waals surface area contributed by atoms with E-state index in [0.29, 0.717) is 5.56 Å². The van der Waals surface area contributed by atoms with Crippen LogP contribution in [0.1, 0.15) is 22.9 Å². The van der Waals surface area contributed by atoms with Crippen LogP contribution >= 0.6 is 23.2 Å². The molecule has 0 bridgehead atoms. The number of Topliss-reactive ketones (excluding diaryl/α,β-unsaturated/α-hetero) is 1. The number of carbonyl (C=O) groups is 2. The lowest BCUT2D eigenvalue weighted by Gasteiger charge is -2.23. The lowest BCUT2D eigenvalue weighted by molar-refractivity contribution is -0.140. The van der Waals surface area contributed by atoms with Crippen LogP contribution in [0.5, 0.6) is 11.5 Å². The molecule has 4 rings (SSSR count). The molecule has 10 heteroatoms. The average Bonchev–Trinajstić information content (AvgIpc) is 3.43. The number of furan rings is 1. The number of hydrogen-bond acceptors (Lipinski definition) is 6. The number of hydrogen-bond donors (Lipinski definition) is 1. The molecule has 1 aliphatic heterocycles. The van der Waals surface area contributed by atoms with Gasteiger partial charge >= 0.3 is 0 Å². The molecule has 34 heavy (non-hydrogen) atoms.